The molecule has 1 aromatic carbocycles. The maximum absolute atomic E-state index is 4.60. The number of hydrogen-bond donors (Lipinski definition) is 1. The van der Waals surface area contributed by atoms with E-state index in [1.165, 1.54) is 47.1 Å². The molecule has 0 bridgehead atoms. The molecule has 3 heterocycles. The van der Waals surface area contributed by atoms with Crippen molar-refractivity contribution >= 4 is 27.4 Å². The minimum absolute atomic E-state index is 0.471. The summed E-state index contributed by atoms with van der Waals surface area (Å²) in [6, 6.07) is 11.2. The van der Waals surface area contributed by atoms with E-state index in [1.807, 2.05) is 11.3 Å². The van der Waals surface area contributed by atoms with Crippen molar-refractivity contribution in [1.82, 2.24) is 14.9 Å². The molecule has 1 N–H and O–H groups in total. The first-order chi connectivity index (χ1) is 12.4. The van der Waals surface area contributed by atoms with Crippen LogP contribution in [-0.2, 0) is 19.4 Å². The van der Waals surface area contributed by atoms with Crippen LogP contribution in [0.1, 0.15) is 28.8 Å². The van der Waals surface area contributed by atoms with Gasteiger partial charge < -0.3 is 5.32 Å². The summed E-state index contributed by atoms with van der Waals surface area (Å²) in [6.07, 6.45) is 6.56. The Morgan fingerprint density at radius 1 is 1.16 bits per heavy atom. The van der Waals surface area contributed by atoms with Crippen molar-refractivity contribution in [1.29, 1.82) is 0 Å². The van der Waals surface area contributed by atoms with Gasteiger partial charge in [-0.2, -0.15) is 0 Å². The van der Waals surface area contributed by atoms with Crippen molar-refractivity contribution in [3.05, 3.63) is 52.7 Å². The predicted octanol–water partition coefficient (Wildman–Crippen LogP) is 3.87. The van der Waals surface area contributed by atoms with Crippen molar-refractivity contribution in [2.75, 3.05) is 18.4 Å². The molecule has 1 aliphatic carbocycles. The van der Waals surface area contributed by atoms with Gasteiger partial charge in [-0.1, -0.05) is 30.3 Å². The lowest BCUT2D eigenvalue weighted by molar-refractivity contribution is 0.328. The number of hydrogen-bond acceptors (Lipinski definition) is 5. The Balaban J connectivity index is 1.32. The van der Waals surface area contributed by atoms with Crippen LogP contribution >= 0.6 is 11.3 Å². The van der Waals surface area contributed by atoms with Gasteiger partial charge in [-0.15, -0.1) is 11.3 Å². The molecule has 5 rings (SSSR count). The first-order valence-corrected chi connectivity index (χ1v) is 9.96. The Bertz CT molecular complexity index is 889. The highest BCUT2D eigenvalue weighted by Crippen LogP contribution is 2.39. The van der Waals surface area contributed by atoms with E-state index in [9.17, 15) is 0 Å². The van der Waals surface area contributed by atoms with Crippen LogP contribution in [0.15, 0.2) is 36.7 Å². The second-order valence-electron chi connectivity index (χ2n) is 7.11. The molecule has 2 aliphatic rings. The van der Waals surface area contributed by atoms with E-state index in [0.29, 0.717) is 6.04 Å². The first-order valence-electron chi connectivity index (χ1n) is 9.15. The zero-order valence-electron chi connectivity index (χ0n) is 14.2. The summed E-state index contributed by atoms with van der Waals surface area (Å²) in [5, 5.41) is 5.02. The van der Waals surface area contributed by atoms with E-state index in [2.05, 4.69) is 50.5 Å². The van der Waals surface area contributed by atoms with Gasteiger partial charge in [0, 0.05) is 30.6 Å². The molecule has 3 aromatic rings. The molecule has 1 aliphatic heterocycles. The lowest BCUT2D eigenvalue weighted by Crippen LogP contribution is -2.26. The van der Waals surface area contributed by atoms with Crippen LogP contribution in [0, 0.1) is 0 Å². The smallest absolute Gasteiger partial charge is 0.138 e. The van der Waals surface area contributed by atoms with Crippen molar-refractivity contribution < 1.29 is 0 Å². The number of thiophene rings is 1. The summed E-state index contributed by atoms with van der Waals surface area (Å²) < 4.78 is 0. The lowest BCUT2D eigenvalue weighted by Gasteiger charge is -2.17. The quantitative estimate of drug-likeness (QED) is 0.776. The highest BCUT2D eigenvalue weighted by Gasteiger charge is 2.25. The maximum atomic E-state index is 4.60. The number of nitrogens with zero attached hydrogens (tertiary/aromatic N) is 3. The molecule has 1 atom stereocenters. The van der Waals surface area contributed by atoms with Crippen LogP contribution in [0.2, 0.25) is 0 Å². The lowest BCUT2D eigenvalue weighted by atomic mass is 10.1. The number of aromatic nitrogens is 2. The Kier molecular flexibility index (Phi) is 3.91. The van der Waals surface area contributed by atoms with Crippen LogP contribution in [-0.4, -0.2) is 34.0 Å². The molecule has 128 valence electrons. The Labute approximate surface area is 151 Å². The van der Waals surface area contributed by atoms with Gasteiger partial charge in [-0.25, -0.2) is 9.97 Å². The van der Waals surface area contributed by atoms with E-state index in [-0.39, 0.29) is 0 Å². The first kappa shape index (κ1) is 15.3. The zero-order valence-corrected chi connectivity index (χ0v) is 15.1. The molecular formula is C20H22N4S. The fourth-order valence-electron chi connectivity index (χ4n) is 4.17. The van der Waals surface area contributed by atoms with Crippen LogP contribution < -0.4 is 5.32 Å². The molecule has 2 aromatic heterocycles. The minimum Gasteiger partial charge on any atom is -0.365 e. The highest BCUT2D eigenvalue weighted by molar-refractivity contribution is 7.19. The number of fused-ring (bicyclic) bond motifs is 3. The van der Waals surface area contributed by atoms with Crippen molar-refractivity contribution in [3.8, 4) is 0 Å². The van der Waals surface area contributed by atoms with E-state index in [0.717, 1.165) is 30.3 Å². The minimum atomic E-state index is 0.471. The fourth-order valence-corrected chi connectivity index (χ4v) is 5.40. The molecule has 1 saturated heterocycles. The van der Waals surface area contributed by atoms with Gasteiger partial charge in [0.1, 0.15) is 17.0 Å². The Hall–Kier alpha value is -1.98. The zero-order chi connectivity index (χ0) is 16.6. The Morgan fingerprint density at radius 3 is 3.00 bits per heavy atom. The molecule has 0 saturated carbocycles. The van der Waals surface area contributed by atoms with Crippen molar-refractivity contribution in [3.63, 3.8) is 0 Å². The number of benzene rings is 1. The number of anilines is 1. The van der Waals surface area contributed by atoms with Gasteiger partial charge in [0.2, 0.25) is 0 Å². The third kappa shape index (κ3) is 2.92. The van der Waals surface area contributed by atoms with E-state index in [4.69, 9.17) is 0 Å². The average molecular weight is 350 g/mol. The summed E-state index contributed by atoms with van der Waals surface area (Å²) in [5.41, 5.74) is 2.89. The van der Waals surface area contributed by atoms with Crippen LogP contribution in [0.3, 0.4) is 0 Å². The maximum Gasteiger partial charge on any atom is 0.138 e. The van der Waals surface area contributed by atoms with Gasteiger partial charge in [0.25, 0.3) is 0 Å². The average Bonchev–Trinajstić information content (AvgIpc) is 3.32. The molecule has 0 amide bonds. The number of aryl methyl sites for hydroxylation is 2. The van der Waals surface area contributed by atoms with Gasteiger partial charge in [0.05, 0.1) is 5.39 Å². The molecule has 4 nitrogen and oxygen atoms in total. The Morgan fingerprint density at radius 2 is 2.08 bits per heavy atom. The van der Waals surface area contributed by atoms with Gasteiger partial charge in [-0.05, 0) is 36.8 Å². The molecule has 0 unspecified atom stereocenters. The molecule has 5 heteroatoms. The second kappa shape index (κ2) is 6.39. The predicted molar refractivity (Wildman–Crippen MR) is 103 cm³/mol. The summed E-state index contributed by atoms with van der Waals surface area (Å²) in [6.45, 7) is 3.25. The topological polar surface area (TPSA) is 41.0 Å². The van der Waals surface area contributed by atoms with Gasteiger partial charge >= 0.3 is 0 Å². The monoisotopic (exact) mass is 350 g/mol. The molecule has 25 heavy (non-hydrogen) atoms. The third-order valence-electron chi connectivity index (χ3n) is 5.36. The number of nitrogens with one attached hydrogen (secondary N) is 1. The van der Waals surface area contributed by atoms with Crippen molar-refractivity contribution in [2.45, 2.75) is 38.3 Å². The van der Waals surface area contributed by atoms with Crippen LogP contribution in [0.25, 0.3) is 10.2 Å². The summed E-state index contributed by atoms with van der Waals surface area (Å²) in [5.74, 6) is 1.05. The standard InChI is InChI=1S/C20H22N4S/c1-2-5-14(6-3-1)11-24-10-9-15(12-24)23-19-18-16-7-4-8-17(16)25-20(18)22-13-21-19/h1-3,5-6,13,15H,4,7-12H2,(H,21,22,23)/t15-/m0/s1. The number of rotatable bonds is 4. The highest BCUT2D eigenvalue weighted by atomic mass is 32.1. The van der Waals surface area contributed by atoms with E-state index in [1.54, 1.807) is 6.33 Å². The van der Waals surface area contributed by atoms with E-state index >= 15 is 0 Å². The largest absolute Gasteiger partial charge is 0.365 e. The molecule has 1 fully saturated rings. The van der Waals surface area contributed by atoms with E-state index < -0.39 is 0 Å². The summed E-state index contributed by atoms with van der Waals surface area (Å²) in [4.78, 5) is 14.3. The molecular weight excluding hydrogens is 328 g/mol. The molecule has 0 spiro atoms. The normalized spacial score (nSPS) is 20.2. The van der Waals surface area contributed by atoms with Gasteiger partial charge in [0.15, 0.2) is 0 Å². The van der Waals surface area contributed by atoms with Crippen LogP contribution in [0.5, 0.6) is 0 Å². The van der Waals surface area contributed by atoms with Crippen molar-refractivity contribution in [2.24, 2.45) is 0 Å². The summed E-state index contributed by atoms with van der Waals surface area (Å²) in [7, 11) is 0. The van der Waals surface area contributed by atoms with Gasteiger partial charge in [-0.3, -0.25) is 4.90 Å². The number of likely N-dealkylation sites (tertiary alicyclic amines) is 1. The fraction of sp³-hybridized carbons (Fsp3) is 0.400. The molecule has 0 radical (unpaired) electrons. The summed E-state index contributed by atoms with van der Waals surface area (Å²) >= 11 is 1.86. The van der Waals surface area contributed by atoms with Crippen LogP contribution in [0.4, 0.5) is 5.82 Å². The second-order valence-corrected chi connectivity index (χ2v) is 8.19. The SMILES string of the molecule is c1ccc(CN2CC[C@H](Nc3ncnc4sc5c(c34)CCC5)C2)cc1. The third-order valence-corrected chi connectivity index (χ3v) is 6.56.